The fraction of sp³-hybridized carbons (Fsp3) is 0.750. The first-order valence-corrected chi connectivity index (χ1v) is 6.19. The van der Waals surface area contributed by atoms with E-state index in [1.165, 1.54) is 0 Å². The Morgan fingerprint density at radius 3 is 2.20 bits per heavy atom. The van der Waals surface area contributed by atoms with Crippen molar-refractivity contribution in [2.75, 3.05) is 0 Å². The van der Waals surface area contributed by atoms with Gasteiger partial charge in [-0.2, -0.15) is 0 Å². The second-order valence-electron chi connectivity index (χ2n) is 4.16. The Labute approximate surface area is 207 Å². The van der Waals surface area contributed by atoms with Gasteiger partial charge in [-0.15, -0.1) is 0 Å². The summed E-state index contributed by atoms with van der Waals surface area (Å²) >= 11 is 0. The molecule has 108 valence electrons. The monoisotopic (exact) mass is 339 g/mol. The minimum Gasteiger partial charge on any atom is -1.00 e. The van der Waals surface area contributed by atoms with Gasteiger partial charge in [-0.05, 0) is 6.42 Å². The van der Waals surface area contributed by atoms with E-state index in [0.29, 0.717) is 6.42 Å². The van der Waals surface area contributed by atoms with E-state index in [2.05, 4.69) is 11.7 Å². The third-order valence-corrected chi connectivity index (χ3v) is 2.40. The summed E-state index contributed by atoms with van der Waals surface area (Å²) in [5.74, 6) is -2.82. The molecule has 0 bridgehead atoms. The van der Waals surface area contributed by atoms with Crippen LogP contribution in [0, 0.1) is 0 Å². The van der Waals surface area contributed by atoms with Crippen LogP contribution in [-0.2, 0) is 19.1 Å². The molecule has 0 aliphatic carbocycles. The summed E-state index contributed by atoms with van der Waals surface area (Å²) in [6.45, 7) is 2.09. The van der Waals surface area contributed by atoms with Gasteiger partial charge in [0.2, 0.25) is 0 Å². The molecule has 0 aliphatic heterocycles. The zero-order valence-corrected chi connectivity index (χ0v) is 18.9. The van der Waals surface area contributed by atoms with Crippen molar-refractivity contribution in [3.8, 4) is 0 Å². The number of unbranched alkanes of at least 4 members (excludes halogenated alkanes) is 4. The van der Waals surface area contributed by atoms with Crippen LogP contribution in [0.15, 0.2) is 0 Å². The van der Waals surface area contributed by atoms with Gasteiger partial charge in [-0.25, -0.2) is 4.79 Å². The van der Waals surface area contributed by atoms with Gasteiger partial charge in [0.25, 0.3) is 0 Å². The molecule has 0 aromatic heterocycles. The number of carbonyl (C=O) groups excluding carboxylic acids is 2. The maximum absolute atomic E-state index is 11.2. The molecule has 0 spiro atoms. The minimum absolute atomic E-state index is 0. The first kappa shape index (κ1) is 26.7. The van der Waals surface area contributed by atoms with Crippen LogP contribution < -0.4 is 109 Å². The second kappa shape index (κ2) is 17.2. The summed E-state index contributed by atoms with van der Waals surface area (Å²) in [5, 5.41) is 8.42. The first-order chi connectivity index (χ1) is 8.47. The Kier molecular flexibility index (Phi) is 23.0. The Bertz CT molecular complexity index is 309. The molecule has 0 saturated heterocycles. The average Bonchev–Trinajstić information content (AvgIpc) is 2.27. The molecule has 0 fully saturated rings. The van der Waals surface area contributed by atoms with E-state index in [0.717, 1.165) is 25.7 Å². The number of nitrogens with two attached hydrogens (primary N) is 1. The zero-order chi connectivity index (χ0) is 14.0. The number of carbonyl (C=O) groups is 3. The number of carboxylic acids is 1. The van der Waals surface area contributed by atoms with E-state index in [1.807, 2.05) is 0 Å². The van der Waals surface area contributed by atoms with Crippen LogP contribution in [0.25, 0.3) is 0 Å². The van der Waals surface area contributed by atoms with E-state index in [1.54, 1.807) is 0 Å². The van der Waals surface area contributed by atoms with Crippen molar-refractivity contribution in [3.63, 3.8) is 0 Å². The average molecular weight is 340 g/mol. The number of ether oxygens (including phenoxy) is 1. The van der Waals surface area contributed by atoms with Gasteiger partial charge in [0.15, 0.2) is 0 Å². The Balaban J connectivity index is -0.000000241. The minimum atomic E-state index is -1.29. The predicted octanol–water partition coefficient (Wildman–Crippen LogP) is -4.55. The van der Waals surface area contributed by atoms with Gasteiger partial charge in [-0.1, -0.05) is 32.6 Å². The number of rotatable bonds is 9. The van der Waals surface area contributed by atoms with Crippen molar-refractivity contribution < 1.29 is 130 Å². The predicted molar refractivity (Wildman–Crippen MR) is 66.9 cm³/mol. The van der Waals surface area contributed by atoms with Crippen LogP contribution >= 0.6 is 0 Å². The molecule has 1 unspecified atom stereocenters. The molecule has 0 radical (unpaired) electrons. The van der Waals surface area contributed by atoms with E-state index >= 15 is 0 Å². The molecule has 20 heavy (non-hydrogen) atoms. The number of aliphatic carboxylic acids is 1. The van der Waals surface area contributed by atoms with Crippen LogP contribution in [0.1, 0.15) is 54.7 Å². The fourth-order valence-corrected chi connectivity index (χ4v) is 1.38. The second-order valence-corrected chi connectivity index (χ2v) is 4.16. The molecule has 8 heteroatoms. The Hall–Kier alpha value is 1.84. The van der Waals surface area contributed by atoms with Crippen molar-refractivity contribution in [1.82, 2.24) is 0 Å². The first-order valence-electron chi connectivity index (χ1n) is 6.19. The standard InChI is InChI=1S/C12H21NO5.2K.2H/c1-2-3-4-5-6-7-11(16)18-12(17)9(13)8-10(14)15;;;;/h9H,2-8,13H2,1H3,(H,14,15);;;;/q;2*+1;2*-1. The topological polar surface area (TPSA) is 107 Å². The van der Waals surface area contributed by atoms with Gasteiger partial charge >= 0.3 is 121 Å². The molecule has 0 heterocycles. The van der Waals surface area contributed by atoms with Crippen LogP contribution in [-0.4, -0.2) is 29.1 Å². The Morgan fingerprint density at radius 1 is 1.15 bits per heavy atom. The third-order valence-electron chi connectivity index (χ3n) is 2.40. The van der Waals surface area contributed by atoms with E-state index < -0.39 is 30.4 Å². The van der Waals surface area contributed by atoms with E-state index in [9.17, 15) is 14.4 Å². The molecule has 0 aromatic rings. The van der Waals surface area contributed by atoms with Gasteiger partial charge < -0.3 is 18.4 Å². The molecular formula is C12H23K2NO5. The summed E-state index contributed by atoms with van der Waals surface area (Å²) in [6.07, 6.45) is 4.50. The summed E-state index contributed by atoms with van der Waals surface area (Å²) in [7, 11) is 0. The van der Waals surface area contributed by atoms with Crippen LogP contribution in [0.4, 0.5) is 0 Å². The number of esters is 2. The van der Waals surface area contributed by atoms with Gasteiger partial charge in [0.05, 0.1) is 6.42 Å². The van der Waals surface area contributed by atoms with Crippen LogP contribution in [0.3, 0.4) is 0 Å². The van der Waals surface area contributed by atoms with Gasteiger partial charge in [0.1, 0.15) is 6.04 Å². The van der Waals surface area contributed by atoms with Crippen molar-refractivity contribution >= 4 is 17.9 Å². The molecule has 6 nitrogen and oxygen atoms in total. The molecule has 0 amide bonds. The molecule has 3 N–H and O–H groups in total. The molecule has 0 saturated carbocycles. The molecular weight excluding hydrogens is 316 g/mol. The van der Waals surface area contributed by atoms with E-state index in [4.69, 9.17) is 10.8 Å². The number of hydrogen-bond acceptors (Lipinski definition) is 5. The molecule has 1 atom stereocenters. The van der Waals surface area contributed by atoms with Crippen LogP contribution in [0.5, 0.6) is 0 Å². The van der Waals surface area contributed by atoms with Gasteiger partial charge in [0, 0.05) is 6.42 Å². The van der Waals surface area contributed by atoms with Crippen molar-refractivity contribution in [1.29, 1.82) is 0 Å². The normalized spacial score (nSPS) is 10.7. The maximum Gasteiger partial charge on any atom is 1.00 e. The maximum atomic E-state index is 11.2. The van der Waals surface area contributed by atoms with Crippen LogP contribution in [0.2, 0.25) is 0 Å². The van der Waals surface area contributed by atoms with Crippen molar-refractivity contribution in [2.24, 2.45) is 5.73 Å². The van der Waals surface area contributed by atoms with E-state index in [-0.39, 0.29) is 112 Å². The summed E-state index contributed by atoms with van der Waals surface area (Å²) in [6, 6.07) is -1.29. The van der Waals surface area contributed by atoms with Gasteiger partial charge in [-0.3, -0.25) is 9.59 Å². The summed E-state index contributed by atoms with van der Waals surface area (Å²) in [5.41, 5.74) is 5.25. The quantitative estimate of drug-likeness (QED) is 0.190. The number of carboxylic acid groups (broad SMARTS) is 1. The smallest absolute Gasteiger partial charge is 1.00 e. The summed E-state index contributed by atoms with van der Waals surface area (Å²) in [4.78, 5) is 32.7. The largest absolute Gasteiger partial charge is 1.00 e. The SMILES string of the molecule is CCCCCCCC(=O)OC(=O)C(N)CC(=O)O.[H-].[H-].[K+].[K+]. The number of hydrogen-bond donors (Lipinski definition) is 2. The fourth-order valence-electron chi connectivity index (χ4n) is 1.38. The molecule has 0 rings (SSSR count). The molecule has 0 aromatic carbocycles. The third kappa shape index (κ3) is 16.2. The summed E-state index contributed by atoms with van der Waals surface area (Å²) < 4.78 is 4.45. The van der Waals surface area contributed by atoms with Crippen molar-refractivity contribution in [3.05, 3.63) is 0 Å². The zero-order valence-electron chi connectivity index (χ0n) is 14.7. The Morgan fingerprint density at radius 2 is 1.70 bits per heavy atom. The van der Waals surface area contributed by atoms with Crippen molar-refractivity contribution in [2.45, 2.75) is 57.9 Å². The molecule has 0 aliphatic rings.